The summed E-state index contributed by atoms with van der Waals surface area (Å²) in [6.07, 6.45) is 1.96. The topological polar surface area (TPSA) is 86.8 Å². The molecule has 0 saturated carbocycles. The molecule has 0 fully saturated rings. The first-order valence-corrected chi connectivity index (χ1v) is 15.6. The van der Waals surface area contributed by atoms with Gasteiger partial charge in [-0.2, -0.15) is 0 Å². The molecule has 214 valence electrons. The van der Waals surface area contributed by atoms with E-state index in [1.54, 1.807) is 0 Å². The number of rotatable bonds is 12. The number of nitrogens with zero attached hydrogens (tertiary/aromatic N) is 2. The van der Waals surface area contributed by atoms with E-state index < -0.39 is 28.5 Å². The summed E-state index contributed by atoms with van der Waals surface area (Å²) < 4.78 is 26.7. The van der Waals surface area contributed by atoms with Gasteiger partial charge in [0.25, 0.3) is 0 Å². The first-order valence-electron chi connectivity index (χ1n) is 13.0. The predicted molar refractivity (Wildman–Crippen MR) is 162 cm³/mol. The number of carbonyl (C=O) groups excluding carboxylic acids is 2. The van der Waals surface area contributed by atoms with Gasteiger partial charge in [0.1, 0.15) is 12.6 Å². The zero-order valence-electron chi connectivity index (χ0n) is 23.1. The molecule has 0 aromatic heterocycles. The van der Waals surface area contributed by atoms with Gasteiger partial charge in [-0.05, 0) is 49.6 Å². The lowest BCUT2D eigenvalue weighted by Gasteiger charge is -2.34. The van der Waals surface area contributed by atoms with Crippen LogP contribution in [-0.4, -0.2) is 50.0 Å². The Morgan fingerprint density at radius 1 is 0.950 bits per heavy atom. The summed E-state index contributed by atoms with van der Waals surface area (Å²) in [6.45, 7) is 5.36. The van der Waals surface area contributed by atoms with Crippen molar-refractivity contribution in [1.29, 1.82) is 0 Å². The number of halogens is 2. The molecule has 10 heteroatoms. The van der Waals surface area contributed by atoms with E-state index in [-0.39, 0.29) is 40.6 Å². The largest absolute Gasteiger partial charge is 0.352 e. The van der Waals surface area contributed by atoms with E-state index in [1.807, 2.05) is 75.4 Å². The van der Waals surface area contributed by atoms with Gasteiger partial charge in [0.2, 0.25) is 21.8 Å². The van der Waals surface area contributed by atoms with E-state index in [2.05, 4.69) is 5.32 Å². The second kappa shape index (κ2) is 14.0. The van der Waals surface area contributed by atoms with E-state index in [0.29, 0.717) is 6.42 Å². The van der Waals surface area contributed by atoms with Gasteiger partial charge in [-0.3, -0.25) is 13.9 Å². The van der Waals surface area contributed by atoms with Crippen LogP contribution in [0, 0.1) is 6.92 Å². The lowest BCUT2D eigenvalue weighted by molar-refractivity contribution is -0.140. The normalized spacial score (nSPS) is 12.8. The first kappa shape index (κ1) is 31.5. The lowest BCUT2D eigenvalue weighted by Crippen LogP contribution is -2.54. The molecule has 0 saturated heterocycles. The van der Waals surface area contributed by atoms with E-state index in [9.17, 15) is 18.0 Å². The molecule has 3 aromatic rings. The highest BCUT2D eigenvalue weighted by atomic mass is 35.5. The van der Waals surface area contributed by atoms with Gasteiger partial charge in [-0.25, -0.2) is 8.42 Å². The predicted octanol–water partition coefficient (Wildman–Crippen LogP) is 5.62. The number of amides is 2. The van der Waals surface area contributed by atoms with Crippen molar-refractivity contribution >= 4 is 50.7 Å². The van der Waals surface area contributed by atoms with Crippen LogP contribution < -0.4 is 9.62 Å². The minimum atomic E-state index is -3.95. The Labute approximate surface area is 247 Å². The third-order valence-electron chi connectivity index (χ3n) is 6.60. The zero-order chi connectivity index (χ0) is 29.4. The number of sulfonamides is 1. The van der Waals surface area contributed by atoms with Gasteiger partial charge in [-0.15, -0.1) is 0 Å². The quantitative estimate of drug-likeness (QED) is 0.291. The fourth-order valence-electron chi connectivity index (χ4n) is 4.16. The second-order valence-electron chi connectivity index (χ2n) is 9.90. The number of nitrogens with one attached hydrogen (secondary N) is 1. The summed E-state index contributed by atoms with van der Waals surface area (Å²) in [4.78, 5) is 29.2. The van der Waals surface area contributed by atoms with Crippen molar-refractivity contribution in [2.45, 2.75) is 52.2 Å². The summed E-state index contributed by atoms with van der Waals surface area (Å²) in [5.74, 6) is -0.868. The third-order valence-corrected chi connectivity index (χ3v) is 8.28. The lowest BCUT2D eigenvalue weighted by atomic mass is 10.0. The Bertz CT molecular complexity index is 1420. The maximum atomic E-state index is 14.1. The van der Waals surface area contributed by atoms with Gasteiger partial charge in [-0.1, -0.05) is 90.3 Å². The molecule has 0 heterocycles. The Kier molecular flexibility index (Phi) is 11.0. The van der Waals surface area contributed by atoms with Gasteiger partial charge in [0.05, 0.1) is 17.0 Å². The highest BCUT2D eigenvalue weighted by molar-refractivity contribution is 7.92. The molecule has 40 heavy (non-hydrogen) atoms. The molecule has 0 bridgehead atoms. The summed E-state index contributed by atoms with van der Waals surface area (Å²) in [5, 5.41) is 3.41. The van der Waals surface area contributed by atoms with Crippen molar-refractivity contribution in [2.75, 3.05) is 17.1 Å². The van der Waals surface area contributed by atoms with Crippen molar-refractivity contribution in [1.82, 2.24) is 10.2 Å². The molecule has 2 amide bonds. The number of carbonyl (C=O) groups is 2. The average molecular weight is 605 g/mol. The van der Waals surface area contributed by atoms with Crippen LogP contribution in [0.4, 0.5) is 5.69 Å². The van der Waals surface area contributed by atoms with Crippen molar-refractivity contribution in [2.24, 2.45) is 0 Å². The maximum absolute atomic E-state index is 14.1. The van der Waals surface area contributed by atoms with Crippen LogP contribution in [0.5, 0.6) is 0 Å². The standard InChI is InChI=1S/C30H35Cl2N3O4S/c1-5-22(3)33-30(37)28(17-23-9-7-6-8-10-23)34(19-24-13-11-21(2)12-14-24)29(36)20-35(40(4,38)39)27-18-25(31)15-16-26(27)32/h6-16,18,22,28H,5,17,19-20H2,1-4H3,(H,33,37)/t22-,28-/m1/s1. The first-order chi connectivity index (χ1) is 18.9. The Hall–Kier alpha value is -3.07. The fourth-order valence-corrected chi connectivity index (χ4v) is 5.45. The zero-order valence-corrected chi connectivity index (χ0v) is 25.4. The smallest absolute Gasteiger partial charge is 0.244 e. The number of aryl methyl sites for hydroxylation is 1. The van der Waals surface area contributed by atoms with Crippen LogP contribution >= 0.6 is 23.2 Å². The van der Waals surface area contributed by atoms with Gasteiger partial charge in [0.15, 0.2) is 0 Å². The van der Waals surface area contributed by atoms with E-state index in [0.717, 1.165) is 27.3 Å². The molecule has 7 nitrogen and oxygen atoms in total. The third kappa shape index (κ3) is 8.71. The molecule has 2 atom stereocenters. The molecule has 1 N–H and O–H groups in total. The molecule has 0 aliphatic carbocycles. The molecule has 3 aromatic carbocycles. The number of hydrogen-bond donors (Lipinski definition) is 1. The van der Waals surface area contributed by atoms with E-state index in [4.69, 9.17) is 23.2 Å². The molecule has 3 rings (SSSR count). The van der Waals surface area contributed by atoms with Crippen LogP contribution in [0.3, 0.4) is 0 Å². The molecule has 0 aliphatic rings. The Balaban J connectivity index is 2.08. The Morgan fingerprint density at radius 3 is 2.20 bits per heavy atom. The highest BCUT2D eigenvalue weighted by Crippen LogP contribution is 2.31. The van der Waals surface area contributed by atoms with Crippen molar-refractivity contribution in [3.8, 4) is 0 Å². The van der Waals surface area contributed by atoms with E-state index >= 15 is 0 Å². The van der Waals surface area contributed by atoms with Crippen molar-refractivity contribution < 1.29 is 18.0 Å². The van der Waals surface area contributed by atoms with Crippen LogP contribution in [0.2, 0.25) is 10.0 Å². The summed E-state index contributed by atoms with van der Waals surface area (Å²) in [5.41, 5.74) is 2.81. The van der Waals surface area contributed by atoms with Gasteiger partial charge in [0, 0.05) is 24.0 Å². The second-order valence-corrected chi connectivity index (χ2v) is 12.6. The monoisotopic (exact) mass is 603 g/mol. The minimum Gasteiger partial charge on any atom is -0.352 e. The van der Waals surface area contributed by atoms with Crippen molar-refractivity contribution in [3.05, 3.63) is 99.5 Å². The molecular formula is C30H35Cl2N3O4S. The summed E-state index contributed by atoms with van der Waals surface area (Å²) in [7, 11) is -3.95. The van der Waals surface area contributed by atoms with Gasteiger partial charge < -0.3 is 10.2 Å². The molecule has 0 spiro atoms. The summed E-state index contributed by atoms with van der Waals surface area (Å²) >= 11 is 12.5. The van der Waals surface area contributed by atoms with Crippen LogP contribution in [0.25, 0.3) is 0 Å². The highest BCUT2D eigenvalue weighted by Gasteiger charge is 2.34. The number of anilines is 1. The average Bonchev–Trinajstić information content (AvgIpc) is 2.91. The van der Waals surface area contributed by atoms with Crippen LogP contribution in [-0.2, 0) is 32.6 Å². The van der Waals surface area contributed by atoms with Gasteiger partial charge >= 0.3 is 0 Å². The minimum absolute atomic E-state index is 0.0870. The molecule has 0 aliphatic heterocycles. The van der Waals surface area contributed by atoms with Crippen molar-refractivity contribution in [3.63, 3.8) is 0 Å². The maximum Gasteiger partial charge on any atom is 0.244 e. The Morgan fingerprint density at radius 2 is 1.60 bits per heavy atom. The molecular weight excluding hydrogens is 569 g/mol. The SMILES string of the molecule is CC[C@@H](C)NC(=O)[C@@H](Cc1ccccc1)N(Cc1ccc(C)cc1)C(=O)CN(c1cc(Cl)ccc1Cl)S(C)(=O)=O. The van der Waals surface area contributed by atoms with Crippen LogP contribution in [0.1, 0.15) is 37.0 Å². The van der Waals surface area contributed by atoms with E-state index in [1.165, 1.54) is 23.1 Å². The van der Waals surface area contributed by atoms with Crippen LogP contribution in [0.15, 0.2) is 72.8 Å². The number of benzene rings is 3. The molecule has 0 unspecified atom stereocenters. The summed E-state index contributed by atoms with van der Waals surface area (Å²) in [6, 6.07) is 20.5. The fraction of sp³-hybridized carbons (Fsp3) is 0.333. The number of hydrogen-bond acceptors (Lipinski definition) is 4. The molecule has 0 radical (unpaired) electrons.